The van der Waals surface area contributed by atoms with Crippen molar-refractivity contribution in [2.24, 2.45) is 0 Å². The van der Waals surface area contributed by atoms with Crippen LogP contribution in [0.3, 0.4) is 0 Å². The van der Waals surface area contributed by atoms with Crippen molar-refractivity contribution in [3.63, 3.8) is 0 Å². The number of sulfonamides is 1. The number of nitriles is 1. The van der Waals surface area contributed by atoms with Crippen LogP contribution in [0.1, 0.15) is 18.1 Å². The first kappa shape index (κ1) is 15.5. The molecule has 1 N–H and O–H groups in total. The fraction of sp³-hybridized carbons (Fsp3) is 0.364. The Morgan fingerprint density at radius 1 is 1.37 bits per heavy atom. The molecular weight excluding hydrogens is 281 g/mol. The molecule has 0 fully saturated rings. The lowest BCUT2D eigenvalue weighted by atomic mass is 10.1. The molecule has 0 saturated heterocycles. The second-order valence-corrected chi connectivity index (χ2v) is 5.66. The Morgan fingerprint density at radius 3 is 2.42 bits per heavy atom. The molecule has 1 unspecified atom stereocenters. The molecule has 1 rings (SSSR count). The molecule has 0 aliphatic rings. The minimum atomic E-state index is -4.63. The van der Waals surface area contributed by atoms with E-state index >= 15 is 0 Å². The highest BCUT2D eigenvalue weighted by molar-refractivity contribution is 7.89. The Balaban J connectivity index is 3.28. The molecule has 0 radical (unpaired) electrons. The van der Waals surface area contributed by atoms with Gasteiger partial charge in [-0.05, 0) is 31.5 Å². The molecule has 0 aliphatic carbocycles. The highest BCUT2D eigenvalue weighted by Gasteiger charge is 2.33. The summed E-state index contributed by atoms with van der Waals surface area (Å²) in [7, 11) is -4.14. The summed E-state index contributed by atoms with van der Waals surface area (Å²) in [6.45, 7) is 2.53. The molecule has 4 nitrogen and oxygen atoms in total. The van der Waals surface area contributed by atoms with Crippen LogP contribution in [0.4, 0.5) is 13.2 Å². The van der Waals surface area contributed by atoms with Crippen molar-refractivity contribution >= 4 is 10.0 Å². The van der Waals surface area contributed by atoms with E-state index in [9.17, 15) is 21.6 Å². The fourth-order valence-corrected chi connectivity index (χ4v) is 2.58. The van der Waals surface area contributed by atoms with Crippen LogP contribution in [0.2, 0.25) is 0 Å². The van der Waals surface area contributed by atoms with E-state index in [0.29, 0.717) is 6.07 Å². The second kappa shape index (κ2) is 5.19. The summed E-state index contributed by atoms with van der Waals surface area (Å²) < 4.78 is 63.5. The zero-order chi connectivity index (χ0) is 14.8. The number of aryl methyl sites for hydroxylation is 1. The molecule has 1 atom stereocenters. The Hall–Kier alpha value is -1.59. The van der Waals surface area contributed by atoms with Gasteiger partial charge in [-0.15, -0.1) is 0 Å². The summed E-state index contributed by atoms with van der Waals surface area (Å²) in [6.07, 6.45) is -4.63. The maximum atomic E-state index is 12.7. The van der Waals surface area contributed by atoms with E-state index in [4.69, 9.17) is 5.26 Å². The summed E-state index contributed by atoms with van der Waals surface area (Å²) >= 11 is 0. The van der Waals surface area contributed by atoms with E-state index in [0.717, 1.165) is 12.1 Å². The van der Waals surface area contributed by atoms with Gasteiger partial charge < -0.3 is 0 Å². The standard InChI is InChI=1S/C11H11F3N2O2S/c1-7-3-4-9(5-10(7)11(12,13)14)19(17,18)16-8(2)6-15/h3-5,8,16H,1-2H3. The molecule has 8 heteroatoms. The topological polar surface area (TPSA) is 70.0 Å². The van der Waals surface area contributed by atoms with E-state index in [2.05, 4.69) is 0 Å². The maximum absolute atomic E-state index is 12.7. The highest BCUT2D eigenvalue weighted by Crippen LogP contribution is 2.33. The predicted octanol–water partition coefficient (Wildman–Crippen LogP) is 2.20. The minimum absolute atomic E-state index is 0.0696. The summed E-state index contributed by atoms with van der Waals surface area (Å²) in [6, 6.07) is 3.31. The number of halogens is 3. The first-order valence-corrected chi connectivity index (χ1v) is 6.66. The number of benzene rings is 1. The first-order chi connectivity index (χ1) is 8.58. The molecule has 19 heavy (non-hydrogen) atoms. The van der Waals surface area contributed by atoms with E-state index in [-0.39, 0.29) is 5.56 Å². The Kier molecular flexibility index (Phi) is 4.22. The van der Waals surface area contributed by atoms with Gasteiger partial charge in [0.1, 0.15) is 6.04 Å². The Bertz CT molecular complexity index is 618. The van der Waals surface area contributed by atoms with E-state index in [1.54, 1.807) is 6.07 Å². The lowest BCUT2D eigenvalue weighted by Gasteiger charge is -2.13. The summed E-state index contributed by atoms with van der Waals surface area (Å²) in [5.74, 6) is 0. The Morgan fingerprint density at radius 2 is 1.95 bits per heavy atom. The number of rotatable bonds is 3. The average Bonchev–Trinajstić information content (AvgIpc) is 2.26. The summed E-state index contributed by atoms with van der Waals surface area (Å²) in [5.41, 5.74) is -1.08. The van der Waals surface area contributed by atoms with Crippen molar-refractivity contribution in [3.05, 3.63) is 29.3 Å². The molecule has 0 aliphatic heterocycles. The van der Waals surface area contributed by atoms with Crippen LogP contribution < -0.4 is 4.72 Å². The third kappa shape index (κ3) is 3.68. The molecule has 0 spiro atoms. The minimum Gasteiger partial charge on any atom is -0.207 e. The van der Waals surface area contributed by atoms with Crippen molar-refractivity contribution in [1.29, 1.82) is 5.26 Å². The van der Waals surface area contributed by atoms with Gasteiger partial charge in [-0.2, -0.15) is 23.2 Å². The lowest BCUT2D eigenvalue weighted by Crippen LogP contribution is -2.31. The van der Waals surface area contributed by atoms with Gasteiger partial charge in [-0.25, -0.2) is 8.42 Å². The van der Waals surface area contributed by atoms with E-state index in [1.807, 2.05) is 4.72 Å². The number of hydrogen-bond donors (Lipinski definition) is 1. The van der Waals surface area contributed by atoms with Gasteiger partial charge in [-0.3, -0.25) is 0 Å². The second-order valence-electron chi connectivity index (χ2n) is 3.95. The molecule has 0 aromatic heterocycles. The predicted molar refractivity (Wildman–Crippen MR) is 61.6 cm³/mol. The van der Waals surface area contributed by atoms with Crippen molar-refractivity contribution in [1.82, 2.24) is 4.72 Å². The van der Waals surface area contributed by atoms with E-state index < -0.39 is 32.7 Å². The van der Waals surface area contributed by atoms with Crippen LogP contribution in [0.5, 0.6) is 0 Å². The van der Waals surface area contributed by atoms with Crippen molar-refractivity contribution < 1.29 is 21.6 Å². The van der Waals surface area contributed by atoms with Crippen molar-refractivity contribution in [3.8, 4) is 6.07 Å². The smallest absolute Gasteiger partial charge is 0.207 e. The zero-order valence-corrected chi connectivity index (χ0v) is 10.9. The van der Waals surface area contributed by atoms with Crippen LogP contribution in [-0.4, -0.2) is 14.5 Å². The van der Waals surface area contributed by atoms with Crippen molar-refractivity contribution in [2.45, 2.75) is 31.0 Å². The number of hydrogen-bond acceptors (Lipinski definition) is 3. The van der Waals surface area contributed by atoms with Gasteiger partial charge in [0, 0.05) is 0 Å². The van der Waals surface area contributed by atoms with Crippen LogP contribution >= 0.6 is 0 Å². The van der Waals surface area contributed by atoms with Crippen LogP contribution in [0.15, 0.2) is 23.1 Å². The van der Waals surface area contributed by atoms with Crippen LogP contribution in [-0.2, 0) is 16.2 Å². The molecule has 104 valence electrons. The van der Waals surface area contributed by atoms with Gasteiger partial charge in [0.25, 0.3) is 0 Å². The summed E-state index contributed by atoms with van der Waals surface area (Å²) in [4.78, 5) is -0.521. The third-order valence-corrected chi connectivity index (χ3v) is 3.89. The SMILES string of the molecule is Cc1ccc(S(=O)(=O)NC(C)C#N)cc1C(F)(F)F. The van der Waals surface area contributed by atoms with Crippen LogP contribution in [0.25, 0.3) is 0 Å². The lowest BCUT2D eigenvalue weighted by molar-refractivity contribution is -0.138. The van der Waals surface area contributed by atoms with Gasteiger partial charge >= 0.3 is 6.18 Å². The largest absolute Gasteiger partial charge is 0.416 e. The Labute approximate surface area is 108 Å². The number of nitrogens with one attached hydrogen (secondary N) is 1. The maximum Gasteiger partial charge on any atom is 0.416 e. The normalized spacial score (nSPS) is 13.9. The fourth-order valence-electron chi connectivity index (χ4n) is 1.40. The van der Waals surface area contributed by atoms with Crippen LogP contribution in [0, 0.1) is 18.3 Å². The van der Waals surface area contributed by atoms with E-state index in [1.165, 1.54) is 13.8 Å². The molecule has 0 amide bonds. The molecule has 0 heterocycles. The van der Waals surface area contributed by atoms with Crippen molar-refractivity contribution in [2.75, 3.05) is 0 Å². The number of nitrogens with zero attached hydrogens (tertiary/aromatic N) is 1. The summed E-state index contributed by atoms with van der Waals surface area (Å²) in [5, 5.41) is 8.52. The molecular formula is C11H11F3N2O2S. The quantitative estimate of drug-likeness (QED) is 0.928. The van der Waals surface area contributed by atoms with Gasteiger partial charge in [0.05, 0.1) is 16.5 Å². The molecule has 0 bridgehead atoms. The third-order valence-electron chi connectivity index (χ3n) is 2.35. The molecule has 1 aromatic rings. The first-order valence-electron chi connectivity index (χ1n) is 5.17. The number of alkyl halides is 3. The van der Waals surface area contributed by atoms with Gasteiger partial charge in [0.15, 0.2) is 0 Å². The van der Waals surface area contributed by atoms with Gasteiger partial charge in [0.2, 0.25) is 10.0 Å². The highest BCUT2D eigenvalue weighted by atomic mass is 32.2. The van der Waals surface area contributed by atoms with Gasteiger partial charge in [-0.1, -0.05) is 6.07 Å². The monoisotopic (exact) mass is 292 g/mol. The zero-order valence-electron chi connectivity index (χ0n) is 10.1. The average molecular weight is 292 g/mol. The molecule has 1 aromatic carbocycles. The molecule has 0 saturated carbocycles.